The van der Waals surface area contributed by atoms with Crippen LogP contribution in [-0.4, -0.2) is 55.7 Å². The molecular weight excluding hydrogens is 348 g/mol. The quantitative estimate of drug-likeness (QED) is 0.870. The van der Waals surface area contributed by atoms with E-state index in [4.69, 9.17) is 9.47 Å². The molecule has 142 valence electrons. The van der Waals surface area contributed by atoms with E-state index in [0.717, 1.165) is 11.3 Å². The zero-order valence-corrected chi connectivity index (χ0v) is 15.5. The van der Waals surface area contributed by atoms with Gasteiger partial charge in [0.25, 0.3) is 5.91 Å². The molecule has 0 saturated heterocycles. The maximum Gasteiger partial charge on any atom is 0.335 e. The smallest absolute Gasteiger partial charge is 0.335 e. The topological polar surface area (TPSA) is 79.3 Å². The summed E-state index contributed by atoms with van der Waals surface area (Å²) in [4.78, 5) is 27.2. The maximum atomic E-state index is 12.4. The predicted molar refractivity (Wildman–Crippen MR) is 101 cm³/mol. The maximum absolute atomic E-state index is 12.4. The van der Waals surface area contributed by atoms with Crippen molar-refractivity contribution in [2.24, 2.45) is 0 Å². The number of ether oxygens (including phenoxy) is 2. The Kier molecular flexibility index (Phi) is 5.21. The molecule has 0 radical (unpaired) electrons. The second kappa shape index (κ2) is 7.57. The van der Waals surface area contributed by atoms with E-state index < -0.39 is 12.1 Å². The molecule has 0 spiro atoms. The van der Waals surface area contributed by atoms with E-state index >= 15 is 0 Å². The summed E-state index contributed by atoms with van der Waals surface area (Å²) >= 11 is 0. The first-order valence-corrected chi connectivity index (χ1v) is 8.52. The molecule has 7 heteroatoms. The van der Waals surface area contributed by atoms with Crippen molar-refractivity contribution in [2.45, 2.75) is 12.6 Å². The highest BCUT2D eigenvalue weighted by Gasteiger charge is 2.32. The van der Waals surface area contributed by atoms with Crippen LogP contribution in [0.1, 0.15) is 15.9 Å². The number of carboxylic acid groups (broad SMARTS) is 1. The highest BCUT2D eigenvalue weighted by molar-refractivity contribution is 5.90. The standard InChI is InChI=1S/C20H22N2O5/c1-21(2)19(23)18-12-22(11-13-4-7-15(26-3)8-5-13)16-10-14(20(24)25)6-9-17(16)27-18/h4-10,18H,11-12H2,1-3H3,(H,24,25). The molecule has 27 heavy (non-hydrogen) atoms. The number of fused-ring (bicyclic) bond motifs is 1. The summed E-state index contributed by atoms with van der Waals surface area (Å²) in [5, 5.41) is 9.30. The van der Waals surface area contributed by atoms with Crippen molar-refractivity contribution in [1.29, 1.82) is 0 Å². The molecule has 3 rings (SSSR count). The number of rotatable bonds is 5. The highest BCUT2D eigenvalue weighted by atomic mass is 16.5. The minimum absolute atomic E-state index is 0.136. The molecule has 0 bridgehead atoms. The largest absolute Gasteiger partial charge is 0.497 e. The van der Waals surface area contributed by atoms with Crippen LogP contribution in [0.4, 0.5) is 5.69 Å². The van der Waals surface area contributed by atoms with Gasteiger partial charge >= 0.3 is 5.97 Å². The minimum Gasteiger partial charge on any atom is -0.497 e. The molecule has 1 aliphatic heterocycles. The van der Waals surface area contributed by atoms with Crippen LogP contribution in [0.15, 0.2) is 42.5 Å². The fraction of sp³-hybridized carbons (Fsp3) is 0.300. The van der Waals surface area contributed by atoms with E-state index in [1.807, 2.05) is 29.2 Å². The molecular formula is C20H22N2O5. The number of benzene rings is 2. The summed E-state index contributed by atoms with van der Waals surface area (Å²) in [5.74, 6) is 0.117. The lowest BCUT2D eigenvalue weighted by molar-refractivity contribution is -0.136. The van der Waals surface area contributed by atoms with E-state index in [-0.39, 0.29) is 11.5 Å². The normalized spacial score (nSPS) is 15.5. The zero-order chi connectivity index (χ0) is 19.6. The molecule has 1 heterocycles. The molecule has 1 aliphatic rings. The Hall–Kier alpha value is -3.22. The van der Waals surface area contributed by atoms with Gasteiger partial charge in [0, 0.05) is 20.6 Å². The van der Waals surface area contributed by atoms with Crippen molar-refractivity contribution in [3.05, 3.63) is 53.6 Å². The molecule has 2 aromatic rings. The second-order valence-corrected chi connectivity index (χ2v) is 6.56. The van der Waals surface area contributed by atoms with Gasteiger partial charge in [-0.25, -0.2) is 4.79 Å². The van der Waals surface area contributed by atoms with Gasteiger partial charge in [-0.3, -0.25) is 4.79 Å². The van der Waals surface area contributed by atoms with Crippen LogP contribution < -0.4 is 14.4 Å². The van der Waals surface area contributed by atoms with Gasteiger partial charge in [-0.15, -0.1) is 0 Å². The fourth-order valence-electron chi connectivity index (χ4n) is 3.00. The zero-order valence-electron chi connectivity index (χ0n) is 15.5. The third-order valence-electron chi connectivity index (χ3n) is 4.45. The monoisotopic (exact) mass is 370 g/mol. The Morgan fingerprint density at radius 3 is 2.52 bits per heavy atom. The molecule has 1 unspecified atom stereocenters. The lowest BCUT2D eigenvalue weighted by Crippen LogP contribution is -2.48. The molecule has 0 aliphatic carbocycles. The van der Waals surface area contributed by atoms with E-state index in [0.29, 0.717) is 24.5 Å². The van der Waals surface area contributed by atoms with Crippen LogP contribution in [0.2, 0.25) is 0 Å². The number of nitrogens with zero attached hydrogens (tertiary/aromatic N) is 2. The van der Waals surface area contributed by atoms with Crippen LogP contribution in [-0.2, 0) is 11.3 Å². The van der Waals surface area contributed by atoms with Crippen LogP contribution >= 0.6 is 0 Å². The fourth-order valence-corrected chi connectivity index (χ4v) is 3.00. The van der Waals surface area contributed by atoms with Gasteiger partial charge in [-0.2, -0.15) is 0 Å². The Bertz CT molecular complexity index is 848. The number of carbonyl (C=O) groups excluding carboxylic acids is 1. The average Bonchev–Trinajstić information content (AvgIpc) is 2.67. The summed E-state index contributed by atoms with van der Waals surface area (Å²) in [6.45, 7) is 0.847. The van der Waals surface area contributed by atoms with E-state index in [9.17, 15) is 14.7 Å². The number of anilines is 1. The van der Waals surface area contributed by atoms with E-state index in [1.54, 1.807) is 33.3 Å². The second-order valence-electron chi connectivity index (χ2n) is 6.56. The number of aromatic carboxylic acids is 1. The van der Waals surface area contributed by atoms with Gasteiger partial charge in [0.1, 0.15) is 11.5 Å². The molecule has 0 fully saturated rings. The summed E-state index contributed by atoms with van der Waals surface area (Å²) < 4.78 is 11.0. The first-order chi connectivity index (χ1) is 12.9. The number of likely N-dealkylation sites (N-methyl/N-ethyl adjacent to an activating group) is 1. The van der Waals surface area contributed by atoms with Crippen molar-refractivity contribution in [1.82, 2.24) is 4.90 Å². The van der Waals surface area contributed by atoms with Crippen molar-refractivity contribution >= 4 is 17.6 Å². The number of amides is 1. The first-order valence-electron chi connectivity index (χ1n) is 8.52. The Morgan fingerprint density at radius 1 is 1.22 bits per heavy atom. The highest BCUT2D eigenvalue weighted by Crippen LogP contribution is 2.35. The summed E-state index contributed by atoms with van der Waals surface area (Å²) in [6, 6.07) is 12.3. The van der Waals surface area contributed by atoms with Gasteiger partial charge < -0.3 is 24.4 Å². The van der Waals surface area contributed by atoms with Crippen molar-refractivity contribution in [3.63, 3.8) is 0 Å². The van der Waals surface area contributed by atoms with Gasteiger partial charge in [0.15, 0.2) is 6.10 Å². The van der Waals surface area contributed by atoms with Gasteiger partial charge in [-0.05, 0) is 35.9 Å². The van der Waals surface area contributed by atoms with E-state index in [2.05, 4.69) is 0 Å². The molecule has 2 aromatic carbocycles. The van der Waals surface area contributed by atoms with Crippen LogP contribution in [0.5, 0.6) is 11.5 Å². The van der Waals surface area contributed by atoms with Crippen molar-refractivity contribution < 1.29 is 24.2 Å². The lowest BCUT2D eigenvalue weighted by atomic mass is 10.1. The number of methoxy groups -OCH3 is 1. The number of carbonyl (C=O) groups is 2. The Balaban J connectivity index is 1.94. The summed E-state index contributed by atoms with van der Waals surface area (Å²) in [6.07, 6.45) is -0.651. The minimum atomic E-state index is -1.01. The van der Waals surface area contributed by atoms with Crippen LogP contribution in [0.25, 0.3) is 0 Å². The predicted octanol–water partition coefficient (Wildman–Crippen LogP) is 2.25. The van der Waals surface area contributed by atoms with Crippen molar-refractivity contribution in [3.8, 4) is 11.5 Å². The lowest BCUT2D eigenvalue weighted by Gasteiger charge is -2.36. The van der Waals surface area contributed by atoms with Gasteiger partial charge in [0.05, 0.1) is 24.9 Å². The number of hydrogen-bond acceptors (Lipinski definition) is 5. The third-order valence-corrected chi connectivity index (χ3v) is 4.45. The third kappa shape index (κ3) is 3.97. The molecule has 1 atom stereocenters. The Morgan fingerprint density at radius 2 is 1.93 bits per heavy atom. The number of carboxylic acids is 1. The SMILES string of the molecule is COc1ccc(CN2CC(C(=O)N(C)C)Oc3ccc(C(=O)O)cc32)cc1. The molecule has 0 aromatic heterocycles. The van der Waals surface area contributed by atoms with Gasteiger partial charge in [-0.1, -0.05) is 12.1 Å². The molecule has 7 nitrogen and oxygen atoms in total. The van der Waals surface area contributed by atoms with E-state index in [1.165, 1.54) is 11.0 Å². The molecule has 1 N–H and O–H groups in total. The average molecular weight is 370 g/mol. The van der Waals surface area contributed by atoms with Crippen LogP contribution in [0.3, 0.4) is 0 Å². The molecule has 0 saturated carbocycles. The number of hydrogen-bond donors (Lipinski definition) is 1. The van der Waals surface area contributed by atoms with Crippen molar-refractivity contribution in [2.75, 3.05) is 32.6 Å². The molecule has 1 amide bonds. The Labute approximate surface area is 157 Å². The summed E-state index contributed by atoms with van der Waals surface area (Å²) in [5.41, 5.74) is 1.85. The van der Waals surface area contributed by atoms with Gasteiger partial charge in [0.2, 0.25) is 0 Å². The van der Waals surface area contributed by atoms with Crippen LogP contribution in [0, 0.1) is 0 Å². The first kappa shape index (κ1) is 18.6. The summed E-state index contributed by atoms with van der Waals surface area (Å²) in [7, 11) is 4.98.